The fraction of sp³-hybridized carbons (Fsp3) is 0.200. The first-order chi connectivity index (χ1) is 9.72. The zero-order valence-electron chi connectivity index (χ0n) is 11.5. The summed E-state index contributed by atoms with van der Waals surface area (Å²) in [4.78, 5) is 16.0. The Morgan fingerprint density at radius 3 is 2.80 bits per heavy atom. The number of aromatic nitrogens is 1. The first-order valence-electron chi connectivity index (χ1n) is 6.28. The summed E-state index contributed by atoms with van der Waals surface area (Å²) in [7, 11) is 3.42. The first-order valence-corrected chi connectivity index (χ1v) is 6.28. The van der Waals surface area contributed by atoms with Crippen LogP contribution in [0.4, 0.5) is 5.69 Å². The van der Waals surface area contributed by atoms with Gasteiger partial charge in [-0.2, -0.15) is 0 Å². The molecule has 2 N–H and O–H groups in total. The summed E-state index contributed by atoms with van der Waals surface area (Å²) in [5.74, 6) is 0.573. The molecule has 2 aromatic rings. The van der Waals surface area contributed by atoms with E-state index in [0.717, 1.165) is 17.0 Å². The van der Waals surface area contributed by atoms with Crippen molar-refractivity contribution >= 4 is 11.6 Å². The first kappa shape index (κ1) is 13.9. The van der Waals surface area contributed by atoms with E-state index in [1.807, 2.05) is 30.3 Å². The Balaban J connectivity index is 1.97. The van der Waals surface area contributed by atoms with Gasteiger partial charge in [0, 0.05) is 13.6 Å². The molecule has 0 fully saturated rings. The third-order valence-corrected chi connectivity index (χ3v) is 2.87. The van der Waals surface area contributed by atoms with Crippen LogP contribution in [-0.2, 0) is 6.54 Å². The zero-order chi connectivity index (χ0) is 14.4. The molecule has 0 bridgehead atoms. The summed E-state index contributed by atoms with van der Waals surface area (Å²) in [6.45, 7) is 0.436. The Morgan fingerprint density at radius 1 is 1.30 bits per heavy atom. The van der Waals surface area contributed by atoms with Crippen molar-refractivity contribution in [2.24, 2.45) is 0 Å². The number of amides is 1. The van der Waals surface area contributed by atoms with Gasteiger partial charge in [0.1, 0.15) is 11.4 Å². The lowest BCUT2D eigenvalue weighted by Crippen LogP contribution is -2.23. The Morgan fingerprint density at radius 2 is 2.15 bits per heavy atom. The average Bonchev–Trinajstić information content (AvgIpc) is 2.53. The highest BCUT2D eigenvalue weighted by atomic mass is 16.5. The Kier molecular flexibility index (Phi) is 4.55. The van der Waals surface area contributed by atoms with E-state index >= 15 is 0 Å². The molecule has 0 atom stereocenters. The fourth-order valence-electron chi connectivity index (χ4n) is 1.73. The van der Waals surface area contributed by atoms with Gasteiger partial charge in [0.2, 0.25) is 0 Å². The van der Waals surface area contributed by atoms with Crippen LogP contribution in [-0.4, -0.2) is 25.0 Å². The lowest BCUT2D eigenvalue weighted by Gasteiger charge is -2.07. The van der Waals surface area contributed by atoms with Crippen molar-refractivity contribution < 1.29 is 9.53 Å². The number of rotatable bonds is 5. The molecule has 0 saturated carbocycles. The van der Waals surface area contributed by atoms with Gasteiger partial charge in [0.05, 0.1) is 19.0 Å². The van der Waals surface area contributed by atoms with Crippen LogP contribution in [0.2, 0.25) is 0 Å². The van der Waals surface area contributed by atoms with E-state index in [1.54, 1.807) is 26.4 Å². The third kappa shape index (κ3) is 3.47. The van der Waals surface area contributed by atoms with Crippen LogP contribution in [0.25, 0.3) is 0 Å². The lowest BCUT2D eigenvalue weighted by molar-refractivity contribution is 0.0946. The maximum Gasteiger partial charge on any atom is 0.270 e. The smallest absolute Gasteiger partial charge is 0.270 e. The molecule has 5 heteroatoms. The molecule has 0 aliphatic rings. The van der Waals surface area contributed by atoms with Gasteiger partial charge in [-0.25, -0.2) is 4.98 Å². The highest BCUT2D eigenvalue weighted by molar-refractivity contribution is 5.92. The quantitative estimate of drug-likeness (QED) is 0.873. The zero-order valence-corrected chi connectivity index (χ0v) is 11.5. The van der Waals surface area contributed by atoms with E-state index in [2.05, 4.69) is 15.6 Å². The van der Waals surface area contributed by atoms with Crippen molar-refractivity contribution in [3.05, 3.63) is 53.9 Å². The van der Waals surface area contributed by atoms with Crippen molar-refractivity contribution in [3.8, 4) is 5.75 Å². The SMILES string of the molecule is CNc1ccc(C(=O)NCc2cccc(OC)c2)nc1. The summed E-state index contributed by atoms with van der Waals surface area (Å²) in [6, 6.07) is 11.1. The molecule has 0 unspecified atom stereocenters. The predicted molar refractivity (Wildman–Crippen MR) is 77.9 cm³/mol. The number of anilines is 1. The molecule has 2 rings (SSSR count). The van der Waals surface area contributed by atoms with Crippen LogP contribution in [0, 0.1) is 0 Å². The minimum Gasteiger partial charge on any atom is -0.497 e. The molecular formula is C15H17N3O2. The predicted octanol–water partition coefficient (Wildman–Crippen LogP) is 2.06. The molecule has 0 saturated heterocycles. The third-order valence-electron chi connectivity index (χ3n) is 2.87. The minimum absolute atomic E-state index is 0.199. The van der Waals surface area contributed by atoms with Crippen LogP contribution in [0.5, 0.6) is 5.75 Å². The highest BCUT2D eigenvalue weighted by Crippen LogP contribution is 2.12. The van der Waals surface area contributed by atoms with Crippen LogP contribution in [0.15, 0.2) is 42.6 Å². The summed E-state index contributed by atoms with van der Waals surface area (Å²) in [6.07, 6.45) is 1.63. The molecule has 1 amide bonds. The van der Waals surface area contributed by atoms with Gasteiger partial charge in [-0.1, -0.05) is 12.1 Å². The van der Waals surface area contributed by atoms with Crippen LogP contribution >= 0.6 is 0 Å². The molecule has 1 heterocycles. The second kappa shape index (κ2) is 6.56. The van der Waals surface area contributed by atoms with E-state index in [9.17, 15) is 4.79 Å². The lowest BCUT2D eigenvalue weighted by atomic mass is 10.2. The number of nitrogens with zero attached hydrogens (tertiary/aromatic N) is 1. The Bertz CT molecular complexity index is 582. The molecule has 0 aliphatic carbocycles. The summed E-state index contributed by atoms with van der Waals surface area (Å²) in [5.41, 5.74) is 2.24. The van der Waals surface area contributed by atoms with Gasteiger partial charge in [-0.3, -0.25) is 4.79 Å². The van der Waals surface area contributed by atoms with Crippen molar-refractivity contribution in [1.29, 1.82) is 0 Å². The highest BCUT2D eigenvalue weighted by Gasteiger charge is 2.06. The molecule has 0 aliphatic heterocycles. The van der Waals surface area contributed by atoms with E-state index < -0.39 is 0 Å². The van der Waals surface area contributed by atoms with Crippen LogP contribution < -0.4 is 15.4 Å². The molecule has 0 radical (unpaired) electrons. The van der Waals surface area contributed by atoms with Gasteiger partial charge in [0.25, 0.3) is 5.91 Å². The summed E-state index contributed by atoms with van der Waals surface area (Å²) >= 11 is 0. The van der Waals surface area contributed by atoms with E-state index in [-0.39, 0.29) is 5.91 Å². The standard InChI is InChI=1S/C15H17N3O2/c1-16-12-6-7-14(17-10-12)15(19)18-9-11-4-3-5-13(8-11)20-2/h3-8,10,16H,9H2,1-2H3,(H,18,19). The second-order valence-corrected chi connectivity index (χ2v) is 4.22. The number of hydrogen-bond donors (Lipinski definition) is 2. The molecule has 0 spiro atoms. The number of benzene rings is 1. The number of ether oxygens (including phenoxy) is 1. The second-order valence-electron chi connectivity index (χ2n) is 4.22. The average molecular weight is 271 g/mol. The molecule has 1 aromatic heterocycles. The van der Waals surface area contributed by atoms with Gasteiger partial charge in [-0.05, 0) is 29.8 Å². The number of nitrogens with one attached hydrogen (secondary N) is 2. The van der Waals surface area contributed by atoms with Crippen molar-refractivity contribution in [1.82, 2.24) is 10.3 Å². The number of pyridine rings is 1. The van der Waals surface area contributed by atoms with Crippen LogP contribution in [0.1, 0.15) is 16.1 Å². The number of carbonyl (C=O) groups excluding carboxylic acids is 1. The molecule has 20 heavy (non-hydrogen) atoms. The topological polar surface area (TPSA) is 63.2 Å². The maximum atomic E-state index is 11.9. The van der Waals surface area contributed by atoms with E-state index in [1.165, 1.54) is 0 Å². The minimum atomic E-state index is -0.199. The van der Waals surface area contributed by atoms with E-state index in [4.69, 9.17) is 4.74 Å². The monoisotopic (exact) mass is 271 g/mol. The Labute approximate surface area is 118 Å². The van der Waals surface area contributed by atoms with Crippen molar-refractivity contribution in [2.45, 2.75) is 6.54 Å². The largest absolute Gasteiger partial charge is 0.497 e. The van der Waals surface area contributed by atoms with Crippen molar-refractivity contribution in [3.63, 3.8) is 0 Å². The molecule has 104 valence electrons. The number of methoxy groups -OCH3 is 1. The van der Waals surface area contributed by atoms with Gasteiger partial charge in [-0.15, -0.1) is 0 Å². The summed E-state index contributed by atoms with van der Waals surface area (Å²) < 4.78 is 5.14. The summed E-state index contributed by atoms with van der Waals surface area (Å²) in [5, 5.41) is 5.78. The molecule has 1 aromatic carbocycles. The van der Waals surface area contributed by atoms with Gasteiger partial charge < -0.3 is 15.4 Å². The number of hydrogen-bond acceptors (Lipinski definition) is 4. The molecular weight excluding hydrogens is 254 g/mol. The van der Waals surface area contributed by atoms with E-state index in [0.29, 0.717) is 12.2 Å². The Hall–Kier alpha value is -2.56. The normalized spacial score (nSPS) is 9.90. The van der Waals surface area contributed by atoms with Crippen molar-refractivity contribution in [2.75, 3.05) is 19.5 Å². The van der Waals surface area contributed by atoms with Gasteiger partial charge in [0.15, 0.2) is 0 Å². The van der Waals surface area contributed by atoms with Crippen LogP contribution in [0.3, 0.4) is 0 Å². The fourth-order valence-corrected chi connectivity index (χ4v) is 1.73. The number of carbonyl (C=O) groups is 1. The molecule has 5 nitrogen and oxygen atoms in total. The maximum absolute atomic E-state index is 11.9. The van der Waals surface area contributed by atoms with Gasteiger partial charge >= 0.3 is 0 Å².